The molecule has 0 radical (unpaired) electrons. The van der Waals surface area contributed by atoms with Crippen LogP contribution < -0.4 is 19.9 Å². The predicted octanol–water partition coefficient (Wildman–Crippen LogP) is 2.75. The molecule has 2 aromatic carbocycles. The Kier molecular flexibility index (Phi) is 6.27. The Morgan fingerprint density at radius 2 is 1.87 bits per heavy atom. The number of anilines is 1. The average Bonchev–Trinajstić information content (AvgIpc) is 3.03. The van der Waals surface area contributed by atoms with Crippen molar-refractivity contribution < 1.29 is 28.6 Å². The highest BCUT2D eigenvalue weighted by Gasteiger charge is 2.35. The van der Waals surface area contributed by atoms with Crippen LogP contribution in [0.1, 0.15) is 12.5 Å². The van der Waals surface area contributed by atoms with E-state index in [0.717, 1.165) is 5.01 Å². The van der Waals surface area contributed by atoms with Gasteiger partial charge in [-0.3, -0.25) is 15.0 Å². The van der Waals surface area contributed by atoms with Crippen LogP contribution in [0.4, 0.5) is 5.69 Å². The van der Waals surface area contributed by atoms with Gasteiger partial charge in [0, 0.05) is 16.7 Å². The molecular weight excluding hydrogens is 412 g/mol. The zero-order valence-electron chi connectivity index (χ0n) is 16.5. The predicted molar refractivity (Wildman–Crippen MR) is 110 cm³/mol. The molecule has 2 amide bonds. The molecule has 0 bridgehead atoms. The Balaban J connectivity index is 2.03. The van der Waals surface area contributed by atoms with Gasteiger partial charge in [-0.15, -0.1) is 0 Å². The van der Waals surface area contributed by atoms with E-state index in [0.29, 0.717) is 16.3 Å². The largest absolute Gasteiger partial charge is 0.493 e. The third-order valence-corrected chi connectivity index (χ3v) is 4.52. The lowest BCUT2D eigenvalue weighted by molar-refractivity contribution is -0.148. The van der Waals surface area contributed by atoms with Crippen molar-refractivity contribution >= 4 is 41.1 Å². The summed E-state index contributed by atoms with van der Waals surface area (Å²) in [6.45, 7) is 1.50. The number of esters is 1. The summed E-state index contributed by atoms with van der Waals surface area (Å²) in [5, 5.41) is 1.44. The number of benzene rings is 2. The van der Waals surface area contributed by atoms with Gasteiger partial charge in [0.15, 0.2) is 17.6 Å². The molecule has 0 aliphatic carbocycles. The van der Waals surface area contributed by atoms with Gasteiger partial charge >= 0.3 is 5.97 Å². The standard InChI is InChI=1S/C21H19ClN2O6/c1-12(21(27)29-3)30-18-13(9-14(22)11-17(18)28-2)10-16-19(25)23-24(20(16)26)15-7-5-4-6-8-15/h4-12H,1-3H3,(H,23,25). The average molecular weight is 431 g/mol. The number of ether oxygens (including phenoxy) is 3. The van der Waals surface area contributed by atoms with Crippen molar-refractivity contribution in [3.8, 4) is 11.5 Å². The van der Waals surface area contributed by atoms with Gasteiger partial charge in [-0.05, 0) is 31.2 Å². The van der Waals surface area contributed by atoms with Crippen LogP contribution in [0.15, 0.2) is 48.0 Å². The topological polar surface area (TPSA) is 94.2 Å². The van der Waals surface area contributed by atoms with Crippen LogP contribution >= 0.6 is 11.6 Å². The van der Waals surface area contributed by atoms with Crippen molar-refractivity contribution in [2.45, 2.75) is 13.0 Å². The summed E-state index contributed by atoms with van der Waals surface area (Å²) in [4.78, 5) is 37.1. The lowest BCUT2D eigenvalue weighted by atomic mass is 10.1. The molecule has 0 aromatic heterocycles. The van der Waals surface area contributed by atoms with Gasteiger partial charge in [0.25, 0.3) is 11.8 Å². The van der Waals surface area contributed by atoms with E-state index in [1.165, 1.54) is 39.4 Å². The number of halogens is 1. The summed E-state index contributed by atoms with van der Waals surface area (Å²) in [6.07, 6.45) is 0.380. The second-order valence-corrected chi connectivity index (χ2v) is 6.72. The van der Waals surface area contributed by atoms with Crippen molar-refractivity contribution in [2.24, 2.45) is 0 Å². The summed E-state index contributed by atoms with van der Waals surface area (Å²) in [7, 11) is 2.65. The molecule has 1 N–H and O–H groups in total. The molecule has 1 atom stereocenters. The fourth-order valence-corrected chi connectivity index (χ4v) is 3.05. The highest BCUT2D eigenvalue weighted by molar-refractivity contribution is 6.32. The number of hydrazine groups is 1. The van der Waals surface area contributed by atoms with E-state index in [-0.39, 0.29) is 17.1 Å². The summed E-state index contributed by atoms with van der Waals surface area (Å²) in [5.74, 6) is -1.36. The molecular formula is C21H19ClN2O6. The molecule has 1 saturated heterocycles. The monoisotopic (exact) mass is 430 g/mol. The van der Waals surface area contributed by atoms with Gasteiger partial charge in [-0.25, -0.2) is 9.80 Å². The number of para-hydroxylation sites is 1. The van der Waals surface area contributed by atoms with Crippen molar-refractivity contribution in [3.63, 3.8) is 0 Å². The molecule has 1 aliphatic rings. The number of hydrogen-bond acceptors (Lipinski definition) is 6. The molecule has 1 fully saturated rings. The van der Waals surface area contributed by atoms with Crippen LogP contribution in [-0.2, 0) is 19.1 Å². The summed E-state index contributed by atoms with van der Waals surface area (Å²) < 4.78 is 15.7. The van der Waals surface area contributed by atoms with E-state index >= 15 is 0 Å². The number of nitrogens with zero attached hydrogens (tertiary/aromatic N) is 1. The van der Waals surface area contributed by atoms with Gasteiger partial charge in [-0.1, -0.05) is 29.8 Å². The molecule has 8 nitrogen and oxygen atoms in total. The molecule has 0 saturated carbocycles. The van der Waals surface area contributed by atoms with Crippen molar-refractivity contribution in [1.82, 2.24) is 5.43 Å². The molecule has 2 aromatic rings. The van der Waals surface area contributed by atoms with Crippen LogP contribution in [0, 0.1) is 0 Å². The molecule has 9 heteroatoms. The van der Waals surface area contributed by atoms with Crippen LogP contribution in [0.3, 0.4) is 0 Å². The van der Waals surface area contributed by atoms with E-state index in [9.17, 15) is 14.4 Å². The number of methoxy groups -OCH3 is 2. The molecule has 0 spiro atoms. The third kappa shape index (κ3) is 4.23. The van der Waals surface area contributed by atoms with E-state index in [4.69, 9.17) is 21.1 Å². The fraction of sp³-hybridized carbons (Fsp3) is 0.190. The highest BCUT2D eigenvalue weighted by atomic mass is 35.5. The highest BCUT2D eigenvalue weighted by Crippen LogP contribution is 2.37. The molecule has 1 unspecified atom stereocenters. The fourth-order valence-electron chi connectivity index (χ4n) is 2.84. The van der Waals surface area contributed by atoms with Crippen molar-refractivity contribution in [3.05, 3.63) is 58.6 Å². The quantitative estimate of drug-likeness (QED) is 0.430. The molecule has 156 valence electrons. The second-order valence-electron chi connectivity index (χ2n) is 6.28. The minimum atomic E-state index is -0.962. The lowest BCUT2D eigenvalue weighted by Crippen LogP contribution is -2.35. The zero-order valence-corrected chi connectivity index (χ0v) is 17.2. The molecule has 3 rings (SSSR count). The summed E-state index contributed by atoms with van der Waals surface area (Å²) >= 11 is 6.16. The normalized spacial score (nSPS) is 15.7. The Hall–Kier alpha value is -3.52. The Labute approximate surface area is 177 Å². The van der Waals surface area contributed by atoms with Crippen LogP contribution in [-0.4, -0.2) is 38.1 Å². The maximum absolute atomic E-state index is 12.8. The Morgan fingerprint density at radius 1 is 1.17 bits per heavy atom. The number of carbonyl (C=O) groups excluding carboxylic acids is 3. The first kappa shape index (κ1) is 21.2. The van der Waals surface area contributed by atoms with Crippen LogP contribution in [0.2, 0.25) is 5.02 Å². The first-order valence-corrected chi connectivity index (χ1v) is 9.27. The van der Waals surface area contributed by atoms with Crippen LogP contribution in [0.5, 0.6) is 11.5 Å². The number of hydrogen-bond donors (Lipinski definition) is 1. The number of rotatable bonds is 6. The van der Waals surface area contributed by atoms with Crippen molar-refractivity contribution in [2.75, 3.05) is 19.2 Å². The van der Waals surface area contributed by atoms with E-state index in [1.54, 1.807) is 30.3 Å². The van der Waals surface area contributed by atoms with Gasteiger partial charge in [0.2, 0.25) is 0 Å². The minimum Gasteiger partial charge on any atom is -0.493 e. The number of carbonyl (C=O) groups is 3. The first-order chi connectivity index (χ1) is 14.3. The SMILES string of the molecule is COC(=O)C(C)Oc1c(C=C2C(=O)NN(c3ccccc3)C2=O)cc(Cl)cc1OC. The summed E-state index contributed by atoms with van der Waals surface area (Å²) in [6, 6.07) is 11.7. The second kappa shape index (κ2) is 8.87. The number of nitrogens with one attached hydrogen (secondary N) is 1. The van der Waals surface area contributed by atoms with E-state index in [2.05, 4.69) is 10.2 Å². The Bertz CT molecular complexity index is 1020. The summed E-state index contributed by atoms with van der Waals surface area (Å²) in [5.41, 5.74) is 3.20. The molecule has 30 heavy (non-hydrogen) atoms. The molecule has 1 aliphatic heterocycles. The maximum atomic E-state index is 12.8. The maximum Gasteiger partial charge on any atom is 0.346 e. The lowest BCUT2D eigenvalue weighted by Gasteiger charge is -2.18. The Morgan fingerprint density at radius 3 is 2.50 bits per heavy atom. The van der Waals surface area contributed by atoms with Gasteiger partial charge in [-0.2, -0.15) is 0 Å². The number of amides is 2. The van der Waals surface area contributed by atoms with E-state index < -0.39 is 23.9 Å². The third-order valence-electron chi connectivity index (χ3n) is 4.30. The van der Waals surface area contributed by atoms with Crippen LogP contribution in [0.25, 0.3) is 6.08 Å². The van der Waals surface area contributed by atoms with Gasteiger partial charge in [0.05, 0.1) is 19.9 Å². The smallest absolute Gasteiger partial charge is 0.346 e. The first-order valence-electron chi connectivity index (χ1n) is 8.90. The van der Waals surface area contributed by atoms with E-state index in [1.807, 2.05) is 0 Å². The van der Waals surface area contributed by atoms with Gasteiger partial charge < -0.3 is 14.2 Å². The van der Waals surface area contributed by atoms with Crippen molar-refractivity contribution in [1.29, 1.82) is 0 Å². The molecule has 1 heterocycles. The minimum absolute atomic E-state index is 0.126. The zero-order chi connectivity index (χ0) is 21.8. The van der Waals surface area contributed by atoms with Gasteiger partial charge in [0.1, 0.15) is 5.57 Å².